The third kappa shape index (κ3) is 1.62. The van der Waals surface area contributed by atoms with Gasteiger partial charge in [0.15, 0.2) is 11.5 Å². The number of rotatable bonds is 2. The molecule has 0 spiro atoms. The van der Waals surface area contributed by atoms with Crippen LogP contribution in [0.3, 0.4) is 0 Å². The van der Waals surface area contributed by atoms with Crippen LogP contribution in [0.15, 0.2) is 6.33 Å². The molecule has 18 heavy (non-hydrogen) atoms. The van der Waals surface area contributed by atoms with Gasteiger partial charge in [0.2, 0.25) is 5.28 Å². The van der Waals surface area contributed by atoms with E-state index >= 15 is 0 Å². The minimum absolute atomic E-state index is 0.0368. The number of hydrogen-bond donors (Lipinski definition) is 2. The van der Waals surface area contributed by atoms with Gasteiger partial charge in [-0.05, 0) is 11.6 Å². The fourth-order valence-corrected chi connectivity index (χ4v) is 2.46. The number of hydrogen-bond acceptors (Lipinski definition) is 5. The van der Waals surface area contributed by atoms with Crippen molar-refractivity contribution in [3.63, 3.8) is 0 Å². The first kappa shape index (κ1) is 11.6. The molecule has 8 heteroatoms. The first-order chi connectivity index (χ1) is 8.52. The first-order valence-electron chi connectivity index (χ1n) is 5.48. The number of nitrogens with two attached hydrogens (primary N) is 1. The van der Waals surface area contributed by atoms with Crippen molar-refractivity contribution >= 4 is 28.6 Å². The molecule has 0 atom stereocenters. The minimum atomic E-state index is -1.50. The van der Waals surface area contributed by atoms with Gasteiger partial charge in [-0.15, -0.1) is 0 Å². The smallest absolute Gasteiger partial charge is 0.226 e. The van der Waals surface area contributed by atoms with Gasteiger partial charge in [0.25, 0.3) is 0 Å². The predicted octanol–water partition coefficient (Wildman–Crippen LogP) is 1.10. The molecule has 0 unspecified atom stereocenters. The number of alkyl halides is 1. The van der Waals surface area contributed by atoms with E-state index < -0.39 is 12.3 Å². The molecule has 6 nitrogen and oxygen atoms in total. The summed E-state index contributed by atoms with van der Waals surface area (Å²) in [4.78, 5) is 12.0. The number of halogens is 2. The van der Waals surface area contributed by atoms with Crippen LogP contribution < -0.4 is 5.73 Å². The number of aromatic nitrogens is 4. The second kappa shape index (κ2) is 3.76. The quantitative estimate of drug-likeness (QED) is 0.798. The van der Waals surface area contributed by atoms with E-state index in [1.165, 1.54) is 0 Å². The Balaban J connectivity index is 2.00. The van der Waals surface area contributed by atoms with Crippen molar-refractivity contribution in [2.24, 2.45) is 0 Å². The fraction of sp³-hybridized carbons (Fsp3) is 0.500. The second-order valence-corrected chi connectivity index (χ2v) is 4.91. The number of fused-ring (bicyclic) bond motifs is 1. The Morgan fingerprint density at radius 2 is 2.28 bits per heavy atom. The van der Waals surface area contributed by atoms with Crippen LogP contribution in [0.2, 0.25) is 5.28 Å². The highest BCUT2D eigenvalue weighted by molar-refractivity contribution is 6.28. The van der Waals surface area contributed by atoms with Crippen molar-refractivity contribution in [1.82, 2.24) is 19.5 Å². The van der Waals surface area contributed by atoms with E-state index in [2.05, 4.69) is 15.0 Å². The summed E-state index contributed by atoms with van der Waals surface area (Å²) in [5.74, 6) is 0.205. The van der Waals surface area contributed by atoms with Crippen molar-refractivity contribution in [2.45, 2.75) is 24.6 Å². The minimum Gasteiger partial charge on any atom is -0.393 e. The van der Waals surface area contributed by atoms with Crippen molar-refractivity contribution in [1.29, 1.82) is 0 Å². The number of aliphatic hydroxyl groups excluding tert-OH is 1. The zero-order valence-corrected chi connectivity index (χ0v) is 10.1. The van der Waals surface area contributed by atoms with Crippen LogP contribution in [0.4, 0.5) is 10.2 Å². The van der Waals surface area contributed by atoms with E-state index in [1.54, 1.807) is 10.9 Å². The summed E-state index contributed by atoms with van der Waals surface area (Å²) in [6.45, 7) is -0.464. The van der Waals surface area contributed by atoms with Crippen LogP contribution in [-0.2, 0) is 0 Å². The molecule has 1 fully saturated rings. The highest BCUT2D eigenvalue weighted by Crippen LogP contribution is 2.45. The van der Waals surface area contributed by atoms with Crippen LogP contribution in [-0.4, -0.2) is 36.9 Å². The van der Waals surface area contributed by atoms with Gasteiger partial charge in [0, 0.05) is 18.9 Å². The van der Waals surface area contributed by atoms with Crippen molar-refractivity contribution in [3.8, 4) is 0 Å². The molecule has 1 saturated carbocycles. The van der Waals surface area contributed by atoms with Crippen molar-refractivity contribution in [2.75, 3.05) is 12.3 Å². The third-order valence-corrected chi connectivity index (χ3v) is 3.47. The summed E-state index contributed by atoms with van der Waals surface area (Å²) in [5.41, 5.74) is 5.14. The van der Waals surface area contributed by atoms with E-state index in [0.717, 1.165) is 0 Å². The largest absolute Gasteiger partial charge is 0.393 e. The van der Waals surface area contributed by atoms with Gasteiger partial charge >= 0.3 is 0 Å². The Kier molecular flexibility index (Phi) is 2.43. The lowest BCUT2D eigenvalue weighted by molar-refractivity contribution is -0.0323. The van der Waals surface area contributed by atoms with Crippen LogP contribution in [0, 0.1) is 0 Å². The van der Waals surface area contributed by atoms with E-state index in [-0.39, 0.29) is 30.0 Å². The van der Waals surface area contributed by atoms with Crippen molar-refractivity contribution < 1.29 is 9.50 Å². The molecule has 2 aromatic rings. The molecule has 0 amide bonds. The molecule has 1 aliphatic carbocycles. The summed E-state index contributed by atoms with van der Waals surface area (Å²) in [6.07, 6.45) is 2.01. The second-order valence-electron chi connectivity index (χ2n) is 4.57. The van der Waals surface area contributed by atoms with Gasteiger partial charge in [-0.2, -0.15) is 9.97 Å². The molecule has 0 saturated heterocycles. The SMILES string of the molecule is Nc1nc(Cl)nc2c1ncn2C1CC(F)(CO)C1. The highest BCUT2D eigenvalue weighted by Gasteiger charge is 2.45. The molecule has 3 N–H and O–H groups in total. The zero-order chi connectivity index (χ0) is 12.9. The van der Waals surface area contributed by atoms with Gasteiger partial charge in [0.05, 0.1) is 12.9 Å². The summed E-state index contributed by atoms with van der Waals surface area (Å²) in [6, 6.07) is -0.0856. The first-order valence-corrected chi connectivity index (χ1v) is 5.85. The molecule has 0 aliphatic heterocycles. The Hall–Kier alpha value is -1.47. The van der Waals surface area contributed by atoms with Gasteiger partial charge in [-0.25, -0.2) is 9.37 Å². The summed E-state index contributed by atoms with van der Waals surface area (Å²) in [5, 5.41) is 8.93. The van der Waals surface area contributed by atoms with E-state index in [1.807, 2.05) is 0 Å². The predicted molar refractivity (Wildman–Crippen MR) is 63.9 cm³/mol. The molecule has 0 aromatic carbocycles. The maximum Gasteiger partial charge on any atom is 0.226 e. The fourth-order valence-electron chi connectivity index (χ4n) is 2.29. The third-order valence-electron chi connectivity index (χ3n) is 3.30. The maximum absolute atomic E-state index is 13.7. The average molecular weight is 272 g/mol. The molecule has 0 radical (unpaired) electrons. The summed E-state index contributed by atoms with van der Waals surface area (Å²) in [7, 11) is 0. The molecule has 1 aliphatic rings. The highest BCUT2D eigenvalue weighted by atomic mass is 35.5. The number of anilines is 1. The van der Waals surface area contributed by atoms with E-state index in [9.17, 15) is 4.39 Å². The average Bonchev–Trinajstić information content (AvgIpc) is 2.68. The normalized spacial score (nSPS) is 27.4. The number of nitrogen functional groups attached to an aromatic ring is 1. The van der Waals surface area contributed by atoms with Crippen LogP contribution in [0.25, 0.3) is 11.2 Å². The van der Waals surface area contributed by atoms with Gasteiger partial charge in [-0.3, -0.25) is 0 Å². The van der Waals surface area contributed by atoms with Gasteiger partial charge in [0.1, 0.15) is 11.2 Å². The Bertz CT molecular complexity index is 610. The summed E-state index contributed by atoms with van der Waals surface area (Å²) < 4.78 is 15.4. The number of aliphatic hydroxyl groups is 1. The maximum atomic E-state index is 13.7. The van der Waals surface area contributed by atoms with Crippen LogP contribution in [0.1, 0.15) is 18.9 Å². The van der Waals surface area contributed by atoms with Crippen molar-refractivity contribution in [3.05, 3.63) is 11.6 Å². The Labute approximate surface area is 107 Å². The topological polar surface area (TPSA) is 89.9 Å². The Morgan fingerprint density at radius 3 is 2.94 bits per heavy atom. The van der Waals surface area contributed by atoms with Gasteiger partial charge < -0.3 is 15.4 Å². The lowest BCUT2D eigenvalue weighted by atomic mass is 9.78. The van der Waals surface area contributed by atoms with Crippen LogP contribution in [0.5, 0.6) is 0 Å². The monoisotopic (exact) mass is 271 g/mol. The standard InChI is InChI=1S/C10H11ClFN5O/c11-9-15-7(13)6-8(16-9)17(4-14-6)5-1-10(12,2-5)3-18/h4-5,18H,1-3H2,(H2,13,15,16). The molecule has 96 valence electrons. The lowest BCUT2D eigenvalue weighted by Crippen LogP contribution is -2.43. The number of imidazole rings is 1. The van der Waals surface area contributed by atoms with Gasteiger partial charge in [-0.1, -0.05) is 0 Å². The van der Waals surface area contributed by atoms with Crippen LogP contribution >= 0.6 is 11.6 Å². The zero-order valence-electron chi connectivity index (χ0n) is 9.35. The van der Waals surface area contributed by atoms with E-state index in [0.29, 0.717) is 11.2 Å². The molecular formula is C10H11ClFN5O. The number of nitrogens with zero attached hydrogens (tertiary/aromatic N) is 4. The molecule has 0 bridgehead atoms. The molecule has 2 heterocycles. The Morgan fingerprint density at radius 1 is 1.56 bits per heavy atom. The lowest BCUT2D eigenvalue weighted by Gasteiger charge is -2.40. The summed E-state index contributed by atoms with van der Waals surface area (Å²) >= 11 is 5.74. The molecular weight excluding hydrogens is 261 g/mol. The van der Waals surface area contributed by atoms with E-state index in [4.69, 9.17) is 22.4 Å². The molecule has 3 rings (SSSR count). The molecule has 2 aromatic heterocycles.